The minimum absolute atomic E-state index is 0.0765. The molecule has 1 N–H and O–H groups in total. The zero-order chi connectivity index (χ0) is 17.0. The molecule has 7 nitrogen and oxygen atoms in total. The van der Waals surface area contributed by atoms with Crippen molar-refractivity contribution in [1.82, 2.24) is 9.97 Å². The molecule has 128 valence electrons. The maximum Gasteiger partial charge on any atom is 0.265 e. The number of para-hydroxylation sites is 1. The van der Waals surface area contributed by atoms with Crippen LogP contribution in [0.15, 0.2) is 41.6 Å². The lowest BCUT2D eigenvalue weighted by Crippen LogP contribution is -2.30. The molecule has 2 aromatic rings. The number of nitrogens with one attached hydrogen (secondary N) is 1. The number of rotatable bonds is 5. The molecule has 1 fully saturated rings. The number of hydrogen-bond donors (Lipinski definition) is 1. The lowest BCUT2D eigenvalue weighted by Gasteiger charge is -2.26. The summed E-state index contributed by atoms with van der Waals surface area (Å²) in [6.45, 7) is 1.87. The summed E-state index contributed by atoms with van der Waals surface area (Å²) in [4.78, 5) is 10.7. The Labute approximate surface area is 141 Å². The van der Waals surface area contributed by atoms with Gasteiger partial charge in [0.1, 0.15) is 10.6 Å². The molecule has 24 heavy (non-hydrogen) atoms. The van der Waals surface area contributed by atoms with Gasteiger partial charge in [-0.25, -0.2) is 18.4 Å². The van der Waals surface area contributed by atoms with Crippen LogP contribution in [-0.4, -0.2) is 38.6 Å². The van der Waals surface area contributed by atoms with Crippen LogP contribution in [0, 0.1) is 0 Å². The number of aromatic nitrogens is 2. The van der Waals surface area contributed by atoms with Crippen LogP contribution in [0.5, 0.6) is 5.75 Å². The monoisotopic (exact) mass is 348 g/mol. The summed E-state index contributed by atoms with van der Waals surface area (Å²) in [5.74, 6) is 0.922. The number of methoxy groups -OCH3 is 1. The Hall–Kier alpha value is -2.35. The SMILES string of the molecule is COc1ccccc1S(=O)(=O)Nc1cnc(N2CCCCC2)nc1. The van der Waals surface area contributed by atoms with Gasteiger partial charge in [0.15, 0.2) is 0 Å². The van der Waals surface area contributed by atoms with Crippen LogP contribution in [0.25, 0.3) is 0 Å². The second-order valence-electron chi connectivity index (χ2n) is 5.58. The molecule has 1 aliphatic rings. The van der Waals surface area contributed by atoms with E-state index in [1.165, 1.54) is 32.0 Å². The fourth-order valence-corrected chi connectivity index (χ4v) is 3.88. The molecule has 1 aromatic heterocycles. The summed E-state index contributed by atoms with van der Waals surface area (Å²) in [5, 5.41) is 0. The summed E-state index contributed by atoms with van der Waals surface area (Å²) < 4.78 is 32.6. The largest absolute Gasteiger partial charge is 0.495 e. The normalized spacial score (nSPS) is 15.1. The van der Waals surface area contributed by atoms with Gasteiger partial charge in [-0.1, -0.05) is 12.1 Å². The van der Waals surface area contributed by atoms with Gasteiger partial charge < -0.3 is 9.64 Å². The van der Waals surface area contributed by atoms with E-state index in [1.807, 2.05) is 0 Å². The summed E-state index contributed by atoms with van der Waals surface area (Å²) in [7, 11) is -2.33. The molecular weight excluding hydrogens is 328 g/mol. The zero-order valence-corrected chi connectivity index (χ0v) is 14.3. The Balaban J connectivity index is 1.77. The molecule has 0 amide bonds. The van der Waals surface area contributed by atoms with Crippen molar-refractivity contribution in [3.8, 4) is 5.75 Å². The minimum atomic E-state index is -3.76. The van der Waals surface area contributed by atoms with Crippen LogP contribution in [0.4, 0.5) is 11.6 Å². The highest BCUT2D eigenvalue weighted by molar-refractivity contribution is 7.92. The van der Waals surface area contributed by atoms with Crippen molar-refractivity contribution in [3.05, 3.63) is 36.7 Å². The van der Waals surface area contributed by atoms with Crippen molar-refractivity contribution in [3.63, 3.8) is 0 Å². The van der Waals surface area contributed by atoms with Crippen molar-refractivity contribution in [2.75, 3.05) is 29.8 Å². The van der Waals surface area contributed by atoms with Gasteiger partial charge in [0, 0.05) is 13.1 Å². The first-order chi connectivity index (χ1) is 11.6. The summed E-state index contributed by atoms with van der Waals surface area (Å²) >= 11 is 0. The Morgan fingerprint density at radius 1 is 1.08 bits per heavy atom. The Morgan fingerprint density at radius 2 is 1.75 bits per heavy atom. The average Bonchev–Trinajstić information content (AvgIpc) is 2.63. The van der Waals surface area contributed by atoms with Crippen LogP contribution in [0.2, 0.25) is 0 Å². The highest BCUT2D eigenvalue weighted by Gasteiger charge is 2.20. The average molecular weight is 348 g/mol. The molecule has 1 saturated heterocycles. The van der Waals surface area contributed by atoms with Gasteiger partial charge in [-0.2, -0.15) is 0 Å². The van der Waals surface area contributed by atoms with E-state index in [2.05, 4.69) is 19.6 Å². The van der Waals surface area contributed by atoms with E-state index in [4.69, 9.17) is 4.74 Å². The summed E-state index contributed by atoms with van der Waals surface area (Å²) in [5.41, 5.74) is 0.321. The Bertz CT molecular complexity index is 787. The smallest absolute Gasteiger partial charge is 0.265 e. The number of nitrogens with zero attached hydrogens (tertiary/aromatic N) is 3. The molecule has 0 aliphatic carbocycles. The van der Waals surface area contributed by atoms with E-state index >= 15 is 0 Å². The number of piperidine rings is 1. The predicted molar refractivity (Wildman–Crippen MR) is 91.9 cm³/mol. The second-order valence-corrected chi connectivity index (χ2v) is 7.23. The number of anilines is 2. The van der Waals surface area contributed by atoms with Gasteiger partial charge >= 0.3 is 0 Å². The maximum atomic E-state index is 12.5. The van der Waals surface area contributed by atoms with Gasteiger partial charge in [0.2, 0.25) is 5.95 Å². The Morgan fingerprint density at radius 3 is 2.42 bits per heavy atom. The molecule has 1 aliphatic heterocycles. The predicted octanol–water partition coefficient (Wildman–Crippen LogP) is 2.28. The van der Waals surface area contributed by atoms with Gasteiger partial charge in [-0.15, -0.1) is 0 Å². The first kappa shape index (κ1) is 16.5. The van der Waals surface area contributed by atoms with E-state index in [9.17, 15) is 8.42 Å². The van der Waals surface area contributed by atoms with Crippen LogP contribution in [0.3, 0.4) is 0 Å². The molecular formula is C16H20N4O3S. The standard InChI is InChI=1S/C16H20N4O3S/c1-23-14-7-3-4-8-15(14)24(21,22)19-13-11-17-16(18-12-13)20-9-5-2-6-10-20/h3-4,7-8,11-12,19H,2,5-6,9-10H2,1H3. The maximum absolute atomic E-state index is 12.5. The third-order valence-corrected chi connectivity index (χ3v) is 5.31. The van der Waals surface area contributed by atoms with Crippen LogP contribution in [-0.2, 0) is 10.0 Å². The van der Waals surface area contributed by atoms with Crippen LogP contribution < -0.4 is 14.4 Å². The number of benzene rings is 1. The van der Waals surface area contributed by atoms with Crippen molar-refractivity contribution in [2.24, 2.45) is 0 Å². The number of sulfonamides is 1. The molecule has 0 unspecified atom stereocenters. The van der Waals surface area contributed by atoms with Gasteiger partial charge in [-0.05, 0) is 31.4 Å². The molecule has 0 saturated carbocycles. The minimum Gasteiger partial charge on any atom is -0.495 e. The lowest BCUT2D eigenvalue weighted by atomic mass is 10.1. The fourth-order valence-electron chi connectivity index (χ4n) is 2.68. The highest BCUT2D eigenvalue weighted by atomic mass is 32.2. The van der Waals surface area contributed by atoms with E-state index < -0.39 is 10.0 Å². The third kappa shape index (κ3) is 3.59. The fraction of sp³-hybridized carbons (Fsp3) is 0.375. The molecule has 3 rings (SSSR count). The molecule has 0 atom stereocenters. The third-order valence-electron chi connectivity index (χ3n) is 3.89. The van der Waals surface area contributed by atoms with Gasteiger partial charge in [-0.3, -0.25) is 4.72 Å². The first-order valence-electron chi connectivity index (χ1n) is 7.83. The highest BCUT2D eigenvalue weighted by Crippen LogP contribution is 2.25. The molecule has 1 aromatic carbocycles. The topological polar surface area (TPSA) is 84.4 Å². The molecule has 0 radical (unpaired) electrons. The summed E-state index contributed by atoms with van der Waals surface area (Å²) in [6.07, 6.45) is 6.47. The molecule has 2 heterocycles. The molecule has 8 heteroatoms. The van der Waals surface area contributed by atoms with Gasteiger partial charge in [0.25, 0.3) is 10.0 Å². The van der Waals surface area contributed by atoms with Crippen molar-refractivity contribution in [1.29, 1.82) is 0 Å². The first-order valence-corrected chi connectivity index (χ1v) is 9.31. The zero-order valence-electron chi connectivity index (χ0n) is 13.5. The quantitative estimate of drug-likeness (QED) is 0.892. The number of ether oxygens (including phenoxy) is 1. The lowest BCUT2D eigenvalue weighted by molar-refractivity contribution is 0.403. The van der Waals surface area contributed by atoms with Crippen molar-refractivity contribution >= 4 is 21.7 Å². The van der Waals surface area contributed by atoms with E-state index in [0.29, 0.717) is 11.6 Å². The summed E-state index contributed by atoms with van der Waals surface area (Å²) in [6, 6.07) is 6.45. The van der Waals surface area contributed by atoms with Gasteiger partial charge in [0.05, 0.1) is 25.2 Å². The van der Waals surface area contributed by atoms with Crippen LogP contribution in [0.1, 0.15) is 19.3 Å². The van der Waals surface area contributed by atoms with Crippen LogP contribution >= 0.6 is 0 Å². The van der Waals surface area contributed by atoms with E-state index in [1.54, 1.807) is 18.2 Å². The van der Waals surface area contributed by atoms with E-state index in [0.717, 1.165) is 25.9 Å². The number of hydrogen-bond acceptors (Lipinski definition) is 6. The Kier molecular flexibility index (Phi) is 4.84. The van der Waals surface area contributed by atoms with Crippen molar-refractivity contribution in [2.45, 2.75) is 24.2 Å². The van der Waals surface area contributed by atoms with E-state index in [-0.39, 0.29) is 10.6 Å². The molecule has 0 bridgehead atoms. The molecule has 0 spiro atoms. The second kappa shape index (κ2) is 7.04. The van der Waals surface area contributed by atoms with Crippen molar-refractivity contribution < 1.29 is 13.2 Å².